The van der Waals surface area contributed by atoms with Crippen LogP contribution in [0.2, 0.25) is 0 Å². The highest BCUT2D eigenvalue weighted by atomic mass is 19.1. The van der Waals surface area contributed by atoms with E-state index in [-0.39, 0.29) is 11.6 Å². The summed E-state index contributed by atoms with van der Waals surface area (Å²) in [7, 11) is 0. The number of rotatable bonds is 8. The zero-order valence-corrected chi connectivity index (χ0v) is 16.4. The number of hydrogen-bond acceptors (Lipinski definition) is 3. The summed E-state index contributed by atoms with van der Waals surface area (Å²) in [6.07, 6.45) is 0.796. The van der Waals surface area contributed by atoms with Gasteiger partial charge in [-0.2, -0.15) is 15.0 Å². The van der Waals surface area contributed by atoms with Gasteiger partial charge in [0.05, 0.1) is 6.54 Å². The summed E-state index contributed by atoms with van der Waals surface area (Å²) < 4.78 is 26.2. The number of nitrogens with one attached hydrogen (secondary N) is 1. The Balaban J connectivity index is 1.46. The van der Waals surface area contributed by atoms with Gasteiger partial charge < -0.3 is 5.32 Å². The molecule has 0 unspecified atom stereocenters. The number of hydrogen-bond donors (Lipinski definition) is 1. The molecule has 0 spiro atoms. The molecule has 4 nitrogen and oxygen atoms in total. The van der Waals surface area contributed by atoms with Crippen molar-refractivity contribution < 1.29 is 8.78 Å². The molecule has 0 atom stereocenters. The van der Waals surface area contributed by atoms with Crippen LogP contribution in [-0.4, -0.2) is 21.5 Å². The van der Waals surface area contributed by atoms with Crippen LogP contribution in [0.1, 0.15) is 16.8 Å². The molecule has 4 rings (SSSR count). The molecule has 0 aliphatic heterocycles. The van der Waals surface area contributed by atoms with E-state index in [1.165, 1.54) is 24.3 Å². The highest BCUT2D eigenvalue weighted by molar-refractivity contribution is 5.60. The predicted octanol–water partition coefficient (Wildman–Crippen LogP) is 4.60. The number of aromatic nitrogens is 3. The lowest BCUT2D eigenvalue weighted by Crippen LogP contribution is -2.17. The summed E-state index contributed by atoms with van der Waals surface area (Å²) in [5.74, 6) is -0.486. The first-order valence-electron chi connectivity index (χ1n) is 9.86. The van der Waals surface area contributed by atoms with Gasteiger partial charge >= 0.3 is 0 Å². The van der Waals surface area contributed by atoms with E-state index in [9.17, 15) is 8.78 Å². The lowest BCUT2D eigenvalue weighted by Gasteiger charge is -2.05. The molecule has 6 heteroatoms. The minimum absolute atomic E-state index is 0.225. The highest BCUT2D eigenvalue weighted by Crippen LogP contribution is 2.20. The monoisotopic (exact) mass is 404 g/mol. The van der Waals surface area contributed by atoms with E-state index in [1.54, 1.807) is 29.1 Å². The molecule has 0 bridgehead atoms. The Morgan fingerprint density at radius 1 is 0.733 bits per heavy atom. The summed E-state index contributed by atoms with van der Waals surface area (Å²) in [4.78, 5) is 1.65. The molecule has 3 aromatic carbocycles. The van der Waals surface area contributed by atoms with Crippen LogP contribution in [0.4, 0.5) is 8.78 Å². The molecule has 30 heavy (non-hydrogen) atoms. The third kappa shape index (κ3) is 5.15. The normalized spacial score (nSPS) is 11.0. The topological polar surface area (TPSA) is 42.7 Å². The van der Waals surface area contributed by atoms with E-state index in [0.29, 0.717) is 13.1 Å². The van der Waals surface area contributed by atoms with Crippen LogP contribution >= 0.6 is 0 Å². The van der Waals surface area contributed by atoms with Crippen LogP contribution in [0.5, 0.6) is 0 Å². The first-order valence-corrected chi connectivity index (χ1v) is 9.86. The van der Waals surface area contributed by atoms with Crippen molar-refractivity contribution >= 4 is 0 Å². The van der Waals surface area contributed by atoms with Crippen LogP contribution in [0.3, 0.4) is 0 Å². The van der Waals surface area contributed by atoms with E-state index in [0.717, 1.165) is 41.0 Å². The smallest absolute Gasteiger partial charge is 0.123 e. The van der Waals surface area contributed by atoms with Gasteiger partial charge in [-0.25, -0.2) is 8.78 Å². The molecule has 1 heterocycles. The van der Waals surface area contributed by atoms with Crippen LogP contribution < -0.4 is 5.32 Å². The molecule has 4 aromatic rings. The molecule has 152 valence electrons. The van der Waals surface area contributed by atoms with Crippen molar-refractivity contribution in [3.05, 3.63) is 107 Å². The fraction of sp³-hybridized carbons (Fsp3) is 0.167. The van der Waals surface area contributed by atoms with Crippen LogP contribution in [0, 0.1) is 11.6 Å². The minimum atomic E-state index is -0.261. The molecule has 0 amide bonds. The number of nitrogens with zero attached hydrogens (tertiary/aromatic N) is 3. The molecule has 0 saturated carbocycles. The quantitative estimate of drug-likeness (QED) is 0.436. The molecular weight excluding hydrogens is 382 g/mol. The Morgan fingerprint density at radius 3 is 2.03 bits per heavy atom. The maximum absolute atomic E-state index is 13.2. The summed E-state index contributed by atoms with van der Waals surface area (Å²) >= 11 is 0. The SMILES string of the molecule is Fc1ccc(CCNCc2nn(Cc3ccc(F)cc3)nc2-c2ccccc2)cc1. The van der Waals surface area contributed by atoms with Crippen molar-refractivity contribution in [2.75, 3.05) is 6.54 Å². The van der Waals surface area contributed by atoms with Crippen molar-refractivity contribution in [3.8, 4) is 11.3 Å². The Labute approximate surface area is 174 Å². The summed E-state index contributed by atoms with van der Waals surface area (Å²) in [5, 5.41) is 12.7. The minimum Gasteiger partial charge on any atom is -0.311 e. The van der Waals surface area contributed by atoms with Crippen molar-refractivity contribution in [1.82, 2.24) is 20.3 Å². The van der Waals surface area contributed by atoms with Crippen LogP contribution in [0.15, 0.2) is 78.9 Å². The molecule has 0 fully saturated rings. The van der Waals surface area contributed by atoms with E-state index < -0.39 is 0 Å². The van der Waals surface area contributed by atoms with E-state index in [2.05, 4.69) is 15.5 Å². The van der Waals surface area contributed by atoms with Crippen molar-refractivity contribution in [3.63, 3.8) is 0 Å². The number of benzene rings is 3. The first kappa shape index (κ1) is 19.9. The van der Waals surface area contributed by atoms with E-state index in [1.807, 2.05) is 30.3 Å². The summed E-state index contributed by atoms with van der Waals surface area (Å²) in [6, 6.07) is 22.8. The lowest BCUT2D eigenvalue weighted by atomic mass is 10.1. The molecule has 1 aromatic heterocycles. The summed E-state index contributed by atoms with van der Waals surface area (Å²) in [6.45, 7) is 1.77. The molecule has 0 aliphatic rings. The van der Waals surface area contributed by atoms with E-state index >= 15 is 0 Å². The van der Waals surface area contributed by atoms with Crippen molar-refractivity contribution in [2.45, 2.75) is 19.5 Å². The van der Waals surface area contributed by atoms with Crippen molar-refractivity contribution in [1.29, 1.82) is 0 Å². The standard InChI is InChI=1S/C24H22F2N4/c25-21-10-6-18(7-11-21)14-15-27-16-23-24(20-4-2-1-3-5-20)29-30(28-23)17-19-8-12-22(26)13-9-19/h1-13,27H,14-17H2. The first-order chi connectivity index (χ1) is 14.7. The number of halogens is 2. The fourth-order valence-corrected chi connectivity index (χ4v) is 3.24. The van der Waals surface area contributed by atoms with Gasteiger partial charge in [0.25, 0.3) is 0 Å². The third-order valence-corrected chi connectivity index (χ3v) is 4.81. The molecule has 0 radical (unpaired) electrons. The second kappa shape index (κ2) is 9.41. The van der Waals surface area contributed by atoms with Gasteiger partial charge in [-0.1, -0.05) is 54.6 Å². The Hall–Kier alpha value is -3.38. The van der Waals surface area contributed by atoms with Crippen LogP contribution in [0.25, 0.3) is 11.3 Å². The van der Waals surface area contributed by atoms with Gasteiger partial charge in [-0.15, -0.1) is 0 Å². The lowest BCUT2D eigenvalue weighted by molar-refractivity contribution is 0.574. The fourth-order valence-electron chi connectivity index (χ4n) is 3.24. The second-order valence-electron chi connectivity index (χ2n) is 7.07. The molecule has 0 saturated heterocycles. The zero-order valence-electron chi connectivity index (χ0n) is 16.4. The maximum atomic E-state index is 13.2. The van der Waals surface area contributed by atoms with E-state index in [4.69, 9.17) is 0 Å². The maximum Gasteiger partial charge on any atom is 0.123 e. The van der Waals surface area contributed by atoms with Gasteiger partial charge in [0.1, 0.15) is 23.0 Å². The Kier molecular flexibility index (Phi) is 6.25. The van der Waals surface area contributed by atoms with Gasteiger partial charge in [0.15, 0.2) is 0 Å². The Bertz CT molecular complexity index is 1070. The largest absolute Gasteiger partial charge is 0.311 e. The van der Waals surface area contributed by atoms with Crippen molar-refractivity contribution in [2.24, 2.45) is 0 Å². The van der Waals surface area contributed by atoms with Gasteiger partial charge in [0.2, 0.25) is 0 Å². The zero-order chi connectivity index (χ0) is 20.8. The summed E-state index contributed by atoms with van der Waals surface area (Å²) in [5.41, 5.74) is 4.68. The van der Waals surface area contributed by atoms with Crippen LogP contribution in [-0.2, 0) is 19.5 Å². The second-order valence-corrected chi connectivity index (χ2v) is 7.07. The third-order valence-electron chi connectivity index (χ3n) is 4.81. The molecule has 1 N–H and O–H groups in total. The molecule has 0 aliphatic carbocycles. The predicted molar refractivity (Wildman–Crippen MR) is 113 cm³/mol. The average molecular weight is 404 g/mol. The van der Waals surface area contributed by atoms with Gasteiger partial charge in [-0.05, 0) is 48.4 Å². The Morgan fingerprint density at radius 2 is 1.37 bits per heavy atom. The highest BCUT2D eigenvalue weighted by Gasteiger charge is 2.13. The molecular formula is C24H22F2N4. The average Bonchev–Trinajstić information content (AvgIpc) is 3.17. The van der Waals surface area contributed by atoms with Gasteiger partial charge in [-0.3, -0.25) is 0 Å². The van der Waals surface area contributed by atoms with Gasteiger partial charge in [0, 0.05) is 12.1 Å².